The molecule has 33 heavy (non-hydrogen) atoms. The number of benzene rings is 3. The lowest BCUT2D eigenvalue weighted by atomic mass is 10.0. The van der Waals surface area contributed by atoms with Crippen LogP contribution in [0.1, 0.15) is 24.2 Å². The Labute approximate surface area is 193 Å². The summed E-state index contributed by atoms with van der Waals surface area (Å²) < 4.78 is 16.4. The topological polar surface area (TPSA) is 69.7 Å². The molecule has 0 radical (unpaired) electrons. The van der Waals surface area contributed by atoms with Gasteiger partial charge in [0.1, 0.15) is 17.2 Å². The van der Waals surface area contributed by atoms with Gasteiger partial charge in [-0.1, -0.05) is 18.2 Å². The maximum absolute atomic E-state index is 13.4. The van der Waals surface area contributed by atoms with Gasteiger partial charge in [0.05, 0.1) is 42.8 Å². The monoisotopic (exact) mass is 442 g/mol. The number of aromatic nitrogens is 1. The van der Waals surface area contributed by atoms with Crippen LogP contribution in [0.4, 0.5) is 5.69 Å². The van der Waals surface area contributed by atoms with Gasteiger partial charge in [-0.2, -0.15) is 0 Å². The van der Waals surface area contributed by atoms with E-state index >= 15 is 0 Å². The second-order valence-corrected chi connectivity index (χ2v) is 7.78. The van der Waals surface area contributed by atoms with E-state index < -0.39 is 0 Å². The van der Waals surface area contributed by atoms with Crippen LogP contribution in [-0.2, 0) is 0 Å². The maximum atomic E-state index is 13.4. The number of ether oxygens (including phenoxy) is 3. The third kappa shape index (κ3) is 4.90. The van der Waals surface area contributed by atoms with E-state index in [-0.39, 0.29) is 12.0 Å². The summed E-state index contributed by atoms with van der Waals surface area (Å²) in [5.74, 6) is 1.69. The van der Waals surface area contributed by atoms with Crippen molar-refractivity contribution in [3.05, 3.63) is 78.4 Å². The largest absolute Gasteiger partial charge is 0.497 e. The van der Waals surface area contributed by atoms with Gasteiger partial charge in [-0.15, -0.1) is 0 Å². The molecule has 0 saturated heterocycles. The van der Waals surface area contributed by atoms with E-state index in [4.69, 9.17) is 19.2 Å². The molecule has 168 valence electrons. The zero-order valence-corrected chi connectivity index (χ0v) is 19.1. The lowest BCUT2D eigenvalue weighted by Crippen LogP contribution is -2.14. The van der Waals surface area contributed by atoms with Gasteiger partial charge in [0.25, 0.3) is 5.91 Å². The lowest BCUT2D eigenvalue weighted by molar-refractivity contribution is 0.102. The van der Waals surface area contributed by atoms with Gasteiger partial charge in [-0.3, -0.25) is 4.79 Å². The van der Waals surface area contributed by atoms with Crippen molar-refractivity contribution < 1.29 is 19.0 Å². The molecule has 1 heterocycles. The molecule has 0 aliphatic carbocycles. The van der Waals surface area contributed by atoms with Crippen LogP contribution in [0, 0.1) is 0 Å². The second-order valence-electron chi connectivity index (χ2n) is 7.78. The number of rotatable bonds is 7. The molecule has 3 aromatic carbocycles. The molecule has 1 N–H and O–H groups in total. The van der Waals surface area contributed by atoms with Crippen LogP contribution in [-0.4, -0.2) is 31.2 Å². The normalized spacial score (nSPS) is 10.8. The molecule has 0 atom stereocenters. The third-order valence-corrected chi connectivity index (χ3v) is 5.14. The number of pyridine rings is 1. The minimum Gasteiger partial charge on any atom is -0.497 e. The molecule has 0 unspecified atom stereocenters. The second kappa shape index (κ2) is 9.61. The summed E-state index contributed by atoms with van der Waals surface area (Å²) in [6, 6.07) is 22.4. The fourth-order valence-electron chi connectivity index (χ4n) is 3.59. The molecule has 0 aliphatic rings. The van der Waals surface area contributed by atoms with E-state index in [1.54, 1.807) is 32.4 Å². The number of anilines is 1. The number of hydrogen-bond donors (Lipinski definition) is 1. The van der Waals surface area contributed by atoms with Crippen molar-refractivity contribution in [2.24, 2.45) is 0 Å². The lowest BCUT2D eigenvalue weighted by Gasteiger charge is -2.14. The first-order chi connectivity index (χ1) is 16.0. The van der Waals surface area contributed by atoms with Crippen molar-refractivity contribution in [3.63, 3.8) is 0 Å². The van der Waals surface area contributed by atoms with E-state index in [0.29, 0.717) is 28.4 Å². The van der Waals surface area contributed by atoms with Crippen LogP contribution in [0.3, 0.4) is 0 Å². The van der Waals surface area contributed by atoms with Crippen LogP contribution in [0.5, 0.6) is 17.2 Å². The number of hydrogen-bond acceptors (Lipinski definition) is 5. The highest BCUT2D eigenvalue weighted by Gasteiger charge is 2.16. The summed E-state index contributed by atoms with van der Waals surface area (Å²) in [6.07, 6.45) is 0.0959. The van der Waals surface area contributed by atoms with E-state index in [1.165, 1.54) is 0 Å². The number of carbonyl (C=O) groups is 1. The Bertz CT molecular complexity index is 1280. The van der Waals surface area contributed by atoms with Gasteiger partial charge in [0.2, 0.25) is 0 Å². The summed E-state index contributed by atoms with van der Waals surface area (Å²) in [5, 5.41) is 3.73. The Morgan fingerprint density at radius 3 is 2.30 bits per heavy atom. The number of carbonyl (C=O) groups excluding carboxylic acids is 1. The summed E-state index contributed by atoms with van der Waals surface area (Å²) in [5.41, 5.74) is 3.38. The minimum atomic E-state index is -0.263. The highest BCUT2D eigenvalue weighted by molar-refractivity contribution is 6.13. The summed E-state index contributed by atoms with van der Waals surface area (Å²) in [6.45, 7) is 3.97. The molecule has 6 heteroatoms. The number of nitrogens with zero attached hydrogens (tertiary/aromatic N) is 1. The quantitative estimate of drug-likeness (QED) is 0.382. The van der Waals surface area contributed by atoms with Crippen molar-refractivity contribution in [3.8, 4) is 28.5 Å². The van der Waals surface area contributed by atoms with Gasteiger partial charge in [0, 0.05) is 17.0 Å². The maximum Gasteiger partial charge on any atom is 0.256 e. The van der Waals surface area contributed by atoms with Gasteiger partial charge in [-0.05, 0) is 62.4 Å². The molecule has 0 spiro atoms. The van der Waals surface area contributed by atoms with Crippen molar-refractivity contribution in [2.45, 2.75) is 20.0 Å². The smallest absolute Gasteiger partial charge is 0.256 e. The molecule has 1 aromatic heterocycles. The van der Waals surface area contributed by atoms with Crippen LogP contribution in [0.25, 0.3) is 22.2 Å². The molecule has 4 aromatic rings. The predicted molar refractivity (Wildman–Crippen MR) is 130 cm³/mol. The fourth-order valence-corrected chi connectivity index (χ4v) is 3.59. The van der Waals surface area contributed by atoms with Crippen molar-refractivity contribution in [1.29, 1.82) is 0 Å². The van der Waals surface area contributed by atoms with Crippen LogP contribution < -0.4 is 19.5 Å². The molecule has 0 saturated carbocycles. The first-order valence-electron chi connectivity index (χ1n) is 10.7. The molecule has 6 nitrogen and oxygen atoms in total. The Kier molecular flexibility index (Phi) is 6.45. The van der Waals surface area contributed by atoms with Gasteiger partial charge in [0.15, 0.2) is 0 Å². The molecular formula is C27H26N2O4. The van der Waals surface area contributed by atoms with Crippen LogP contribution in [0.15, 0.2) is 72.8 Å². The van der Waals surface area contributed by atoms with Gasteiger partial charge in [-0.25, -0.2) is 4.98 Å². The zero-order chi connectivity index (χ0) is 23.4. The Balaban J connectivity index is 1.74. The number of methoxy groups -OCH3 is 2. The van der Waals surface area contributed by atoms with Gasteiger partial charge >= 0.3 is 0 Å². The zero-order valence-electron chi connectivity index (χ0n) is 19.1. The number of nitrogens with one attached hydrogen (secondary N) is 1. The van der Waals surface area contributed by atoms with Crippen molar-refractivity contribution in [2.75, 3.05) is 19.5 Å². The number of para-hydroxylation sites is 1. The van der Waals surface area contributed by atoms with Crippen molar-refractivity contribution in [1.82, 2.24) is 4.98 Å². The standard InChI is InChI=1S/C27H26N2O4/c1-17(2)33-19-11-9-18(10-12-19)24-16-22(21-7-5-6-8-23(21)28-24)27(30)29-25-15-20(31-3)13-14-26(25)32-4/h5-17H,1-4H3,(H,29,30). The molecule has 1 amide bonds. The molecule has 0 bridgehead atoms. The number of amides is 1. The average molecular weight is 443 g/mol. The molecule has 4 rings (SSSR count). The van der Waals surface area contributed by atoms with E-state index in [2.05, 4.69) is 5.32 Å². The third-order valence-electron chi connectivity index (χ3n) is 5.14. The average Bonchev–Trinajstić information content (AvgIpc) is 2.83. The molecular weight excluding hydrogens is 416 g/mol. The van der Waals surface area contributed by atoms with Crippen LogP contribution >= 0.6 is 0 Å². The Morgan fingerprint density at radius 1 is 0.879 bits per heavy atom. The predicted octanol–water partition coefficient (Wildman–Crippen LogP) is 5.96. The highest BCUT2D eigenvalue weighted by atomic mass is 16.5. The molecule has 0 fully saturated rings. The first kappa shape index (κ1) is 22.1. The van der Waals surface area contributed by atoms with Crippen LogP contribution in [0.2, 0.25) is 0 Å². The first-order valence-corrected chi connectivity index (χ1v) is 10.7. The minimum absolute atomic E-state index is 0.0959. The fraction of sp³-hybridized carbons (Fsp3) is 0.185. The Hall–Kier alpha value is -4.06. The SMILES string of the molecule is COc1ccc(OC)c(NC(=O)c2cc(-c3ccc(OC(C)C)cc3)nc3ccccc23)c1. The highest BCUT2D eigenvalue weighted by Crippen LogP contribution is 2.31. The number of fused-ring (bicyclic) bond motifs is 1. The van der Waals surface area contributed by atoms with Gasteiger partial charge < -0.3 is 19.5 Å². The van der Waals surface area contributed by atoms with E-state index in [1.807, 2.05) is 68.4 Å². The van der Waals surface area contributed by atoms with E-state index in [0.717, 1.165) is 22.2 Å². The summed E-state index contributed by atoms with van der Waals surface area (Å²) in [4.78, 5) is 18.2. The van der Waals surface area contributed by atoms with E-state index in [9.17, 15) is 4.79 Å². The molecule has 0 aliphatic heterocycles. The Morgan fingerprint density at radius 2 is 1.61 bits per heavy atom. The summed E-state index contributed by atoms with van der Waals surface area (Å²) in [7, 11) is 3.14. The summed E-state index contributed by atoms with van der Waals surface area (Å²) >= 11 is 0. The van der Waals surface area contributed by atoms with Crippen molar-refractivity contribution >= 4 is 22.5 Å².